The van der Waals surface area contributed by atoms with Crippen molar-refractivity contribution in [2.24, 2.45) is 0 Å². The third-order valence-corrected chi connectivity index (χ3v) is 5.85. The molecule has 31 heavy (non-hydrogen) atoms. The summed E-state index contributed by atoms with van der Waals surface area (Å²) in [6.07, 6.45) is 4.43. The predicted molar refractivity (Wildman–Crippen MR) is 122 cm³/mol. The molecule has 0 radical (unpaired) electrons. The van der Waals surface area contributed by atoms with E-state index in [1.165, 1.54) is 11.1 Å². The summed E-state index contributed by atoms with van der Waals surface area (Å²) in [5.41, 5.74) is 4.21. The number of aromatic nitrogens is 3. The third-order valence-electron chi connectivity index (χ3n) is 5.85. The normalized spacial score (nSPS) is 15.3. The zero-order valence-corrected chi connectivity index (χ0v) is 18.7. The Morgan fingerprint density at radius 1 is 1.03 bits per heavy atom. The molecule has 4 rings (SSSR count). The van der Waals surface area contributed by atoms with Crippen LogP contribution in [0.15, 0.2) is 54.9 Å². The van der Waals surface area contributed by atoms with E-state index in [1.807, 2.05) is 23.1 Å². The Labute approximate surface area is 184 Å². The molecule has 1 aromatic carbocycles. The first-order valence-electron chi connectivity index (χ1n) is 11.1. The summed E-state index contributed by atoms with van der Waals surface area (Å²) in [4.78, 5) is 22.3. The maximum Gasteiger partial charge on any atom is 0.257 e. The van der Waals surface area contributed by atoms with Crippen LogP contribution in [0.4, 0.5) is 0 Å². The van der Waals surface area contributed by atoms with Gasteiger partial charge < -0.3 is 4.90 Å². The molecular weight excluding hydrogens is 386 g/mol. The molecule has 1 saturated heterocycles. The number of aryl methyl sites for hydroxylation is 1. The Morgan fingerprint density at radius 2 is 1.84 bits per heavy atom. The highest BCUT2D eigenvalue weighted by molar-refractivity contribution is 5.95. The minimum Gasteiger partial charge on any atom is -0.337 e. The lowest BCUT2D eigenvalue weighted by atomic mass is 10.0. The van der Waals surface area contributed by atoms with Crippen molar-refractivity contribution in [2.75, 3.05) is 26.2 Å². The van der Waals surface area contributed by atoms with Crippen LogP contribution in [0.2, 0.25) is 0 Å². The lowest BCUT2D eigenvalue weighted by Crippen LogP contribution is -2.35. The molecule has 0 spiro atoms. The van der Waals surface area contributed by atoms with E-state index in [2.05, 4.69) is 60.0 Å². The fourth-order valence-corrected chi connectivity index (χ4v) is 4.19. The van der Waals surface area contributed by atoms with Gasteiger partial charge >= 0.3 is 0 Å². The quantitative estimate of drug-likeness (QED) is 0.629. The van der Waals surface area contributed by atoms with Gasteiger partial charge in [-0.15, -0.1) is 0 Å². The molecule has 162 valence electrons. The largest absolute Gasteiger partial charge is 0.337 e. The molecule has 3 aromatic rings. The van der Waals surface area contributed by atoms with Crippen molar-refractivity contribution < 1.29 is 4.79 Å². The van der Waals surface area contributed by atoms with Crippen LogP contribution >= 0.6 is 0 Å². The average Bonchev–Trinajstić information content (AvgIpc) is 3.10. The molecule has 0 N–H and O–H groups in total. The van der Waals surface area contributed by atoms with E-state index in [1.54, 1.807) is 17.1 Å². The molecule has 1 amide bonds. The zero-order chi connectivity index (χ0) is 21.8. The van der Waals surface area contributed by atoms with Crippen molar-refractivity contribution >= 4 is 5.91 Å². The summed E-state index contributed by atoms with van der Waals surface area (Å²) in [6, 6.07) is 14.5. The second kappa shape index (κ2) is 9.43. The number of carbonyl (C=O) groups is 1. The smallest absolute Gasteiger partial charge is 0.257 e. The maximum absolute atomic E-state index is 13.5. The topological polar surface area (TPSA) is 54.3 Å². The van der Waals surface area contributed by atoms with Crippen molar-refractivity contribution in [2.45, 2.75) is 39.7 Å². The van der Waals surface area contributed by atoms with Crippen molar-refractivity contribution in [1.29, 1.82) is 0 Å². The number of nitrogens with zero attached hydrogens (tertiary/aromatic N) is 5. The van der Waals surface area contributed by atoms with Crippen molar-refractivity contribution in [1.82, 2.24) is 24.6 Å². The molecule has 1 aliphatic rings. The lowest BCUT2D eigenvalue weighted by molar-refractivity contribution is 0.0759. The number of amides is 1. The highest BCUT2D eigenvalue weighted by Gasteiger charge is 2.26. The minimum atomic E-state index is 0.0723. The average molecular weight is 418 g/mol. The maximum atomic E-state index is 13.5. The van der Waals surface area contributed by atoms with Gasteiger partial charge in [-0.05, 0) is 37.0 Å². The molecular formula is C25H31N5O. The van der Waals surface area contributed by atoms with Gasteiger partial charge in [0.25, 0.3) is 5.91 Å². The first kappa shape index (κ1) is 21.2. The predicted octanol–water partition coefficient (Wildman–Crippen LogP) is 4.05. The van der Waals surface area contributed by atoms with Crippen LogP contribution in [0, 0.1) is 6.92 Å². The molecule has 6 nitrogen and oxygen atoms in total. The van der Waals surface area contributed by atoms with E-state index in [9.17, 15) is 4.79 Å². The number of benzene rings is 1. The van der Waals surface area contributed by atoms with Gasteiger partial charge in [-0.2, -0.15) is 5.10 Å². The SMILES string of the molecule is Cc1ccc(CN2CCCN(C(=O)c3cnn(-c4ccccn4)c3C(C)C)CC2)cc1. The molecule has 0 saturated carbocycles. The van der Waals surface area contributed by atoms with Crippen LogP contribution in [-0.4, -0.2) is 56.7 Å². The standard InChI is InChI=1S/C25H31N5O/c1-19(2)24-22(17-27-30(24)23-7-4-5-12-26-23)25(31)29-14-6-13-28(15-16-29)18-21-10-8-20(3)9-11-21/h4-5,7-12,17,19H,6,13-16,18H2,1-3H3. The summed E-state index contributed by atoms with van der Waals surface area (Å²) in [5, 5.41) is 4.52. The van der Waals surface area contributed by atoms with Gasteiger partial charge in [0.15, 0.2) is 5.82 Å². The van der Waals surface area contributed by atoms with E-state index >= 15 is 0 Å². The molecule has 0 atom stereocenters. The van der Waals surface area contributed by atoms with Gasteiger partial charge in [-0.3, -0.25) is 9.69 Å². The Bertz CT molecular complexity index is 1010. The molecule has 0 bridgehead atoms. The minimum absolute atomic E-state index is 0.0723. The first-order valence-corrected chi connectivity index (χ1v) is 11.1. The van der Waals surface area contributed by atoms with Gasteiger partial charge in [0.05, 0.1) is 17.5 Å². The van der Waals surface area contributed by atoms with Crippen molar-refractivity contribution in [3.63, 3.8) is 0 Å². The fraction of sp³-hybridized carbons (Fsp3) is 0.400. The van der Waals surface area contributed by atoms with E-state index in [0.29, 0.717) is 5.56 Å². The Morgan fingerprint density at radius 3 is 2.55 bits per heavy atom. The molecule has 6 heteroatoms. The lowest BCUT2D eigenvalue weighted by Gasteiger charge is -2.23. The molecule has 0 unspecified atom stereocenters. The fourth-order valence-electron chi connectivity index (χ4n) is 4.19. The van der Waals surface area contributed by atoms with Crippen LogP contribution in [0.25, 0.3) is 5.82 Å². The number of pyridine rings is 1. The second-order valence-electron chi connectivity index (χ2n) is 8.61. The van der Waals surface area contributed by atoms with Gasteiger partial charge in [0.2, 0.25) is 0 Å². The monoisotopic (exact) mass is 417 g/mol. The summed E-state index contributed by atoms with van der Waals surface area (Å²) >= 11 is 0. The summed E-state index contributed by atoms with van der Waals surface area (Å²) < 4.78 is 1.80. The highest BCUT2D eigenvalue weighted by Crippen LogP contribution is 2.24. The van der Waals surface area contributed by atoms with Crippen molar-refractivity contribution in [3.8, 4) is 5.82 Å². The summed E-state index contributed by atoms with van der Waals surface area (Å²) in [7, 11) is 0. The second-order valence-corrected chi connectivity index (χ2v) is 8.61. The molecule has 1 fully saturated rings. The van der Waals surface area contributed by atoms with Crippen LogP contribution in [0.5, 0.6) is 0 Å². The van der Waals surface area contributed by atoms with E-state index in [-0.39, 0.29) is 11.8 Å². The van der Waals surface area contributed by atoms with E-state index < -0.39 is 0 Å². The van der Waals surface area contributed by atoms with Crippen LogP contribution in [0.1, 0.15) is 53.4 Å². The number of hydrogen-bond donors (Lipinski definition) is 0. The third kappa shape index (κ3) is 4.85. The van der Waals surface area contributed by atoms with E-state index in [0.717, 1.165) is 50.7 Å². The number of rotatable bonds is 5. The molecule has 0 aliphatic carbocycles. The number of hydrogen-bond acceptors (Lipinski definition) is 4. The van der Waals surface area contributed by atoms with Gasteiger partial charge in [0.1, 0.15) is 0 Å². The molecule has 2 aromatic heterocycles. The van der Waals surface area contributed by atoms with Crippen LogP contribution < -0.4 is 0 Å². The van der Waals surface area contributed by atoms with Gasteiger partial charge in [-0.25, -0.2) is 9.67 Å². The first-order chi connectivity index (χ1) is 15.0. The highest BCUT2D eigenvalue weighted by atomic mass is 16.2. The molecule has 1 aliphatic heterocycles. The van der Waals surface area contributed by atoms with Gasteiger partial charge in [-0.1, -0.05) is 49.7 Å². The number of carbonyl (C=O) groups excluding carboxylic acids is 1. The van der Waals surface area contributed by atoms with Crippen LogP contribution in [0.3, 0.4) is 0 Å². The Balaban J connectivity index is 1.48. The van der Waals surface area contributed by atoms with E-state index in [4.69, 9.17) is 0 Å². The zero-order valence-electron chi connectivity index (χ0n) is 18.7. The van der Waals surface area contributed by atoms with Gasteiger partial charge in [0, 0.05) is 38.9 Å². The Kier molecular flexibility index (Phi) is 6.47. The van der Waals surface area contributed by atoms with Crippen molar-refractivity contribution in [3.05, 3.63) is 77.2 Å². The summed E-state index contributed by atoms with van der Waals surface area (Å²) in [6.45, 7) is 10.6. The Hall–Kier alpha value is -2.99. The summed E-state index contributed by atoms with van der Waals surface area (Å²) in [5.74, 6) is 0.974. The molecule has 3 heterocycles. The van der Waals surface area contributed by atoms with Crippen LogP contribution in [-0.2, 0) is 6.54 Å².